The van der Waals surface area contributed by atoms with Gasteiger partial charge in [-0.05, 0) is 36.0 Å². The number of ether oxygens (including phenoxy) is 1. The fraction of sp³-hybridized carbons (Fsp3) is 0.133. The Morgan fingerprint density at radius 3 is 2.62 bits per heavy atom. The maximum absolute atomic E-state index is 10.8. The number of hydrogen-bond donors (Lipinski definition) is 2. The van der Waals surface area contributed by atoms with E-state index in [4.69, 9.17) is 40.2 Å². The second-order valence-corrected chi connectivity index (χ2v) is 5.92. The number of nitrogens with one attached hydrogen (secondary N) is 2. The highest BCUT2D eigenvalue weighted by molar-refractivity contribution is 7.80. The van der Waals surface area contributed by atoms with Crippen LogP contribution in [0.4, 0.5) is 11.4 Å². The first-order valence-corrected chi connectivity index (χ1v) is 7.88. The van der Waals surface area contributed by atoms with Crippen molar-refractivity contribution >= 4 is 51.9 Å². The lowest BCUT2D eigenvalue weighted by atomic mass is 10.2. The summed E-state index contributed by atoms with van der Waals surface area (Å²) in [5.41, 5.74) is 1.37. The average Bonchev–Trinajstić information content (AvgIpc) is 2.56. The van der Waals surface area contributed by atoms with Crippen molar-refractivity contribution in [2.75, 3.05) is 12.4 Å². The highest BCUT2D eigenvalue weighted by Crippen LogP contribution is 2.29. The van der Waals surface area contributed by atoms with Crippen LogP contribution in [0.25, 0.3) is 0 Å². The summed E-state index contributed by atoms with van der Waals surface area (Å²) in [5.74, 6) is 0.322. The maximum Gasteiger partial charge on any atom is 0.273 e. The fourth-order valence-electron chi connectivity index (χ4n) is 1.90. The number of methoxy groups -OCH3 is 1. The van der Waals surface area contributed by atoms with Crippen molar-refractivity contribution in [1.29, 1.82) is 0 Å². The number of thiocarbonyl (C=S) groups is 1. The van der Waals surface area contributed by atoms with Gasteiger partial charge in [-0.25, -0.2) is 0 Å². The highest BCUT2D eigenvalue weighted by atomic mass is 35.5. The van der Waals surface area contributed by atoms with E-state index in [9.17, 15) is 10.1 Å². The predicted molar refractivity (Wildman–Crippen MR) is 99.2 cm³/mol. The van der Waals surface area contributed by atoms with Crippen molar-refractivity contribution in [2.24, 2.45) is 0 Å². The Kier molecular flexibility index (Phi) is 6.19. The van der Waals surface area contributed by atoms with Gasteiger partial charge in [0.25, 0.3) is 5.69 Å². The van der Waals surface area contributed by atoms with E-state index in [-0.39, 0.29) is 5.69 Å². The second-order valence-electron chi connectivity index (χ2n) is 4.70. The van der Waals surface area contributed by atoms with Crippen LogP contribution < -0.4 is 15.4 Å². The number of nitrogens with zero attached hydrogens (tertiary/aromatic N) is 1. The van der Waals surface area contributed by atoms with Crippen molar-refractivity contribution in [1.82, 2.24) is 5.32 Å². The third kappa shape index (κ3) is 4.70. The molecule has 6 nitrogen and oxygen atoms in total. The van der Waals surface area contributed by atoms with Crippen LogP contribution in [0.15, 0.2) is 36.4 Å². The van der Waals surface area contributed by atoms with Crippen LogP contribution in [0.2, 0.25) is 10.0 Å². The van der Waals surface area contributed by atoms with Crippen molar-refractivity contribution < 1.29 is 9.66 Å². The number of non-ortho nitro benzene ring substituents is 1. The van der Waals surface area contributed by atoms with Gasteiger partial charge in [-0.15, -0.1) is 0 Å². The average molecular weight is 386 g/mol. The van der Waals surface area contributed by atoms with E-state index in [0.717, 1.165) is 5.56 Å². The quantitative estimate of drug-likeness (QED) is 0.451. The van der Waals surface area contributed by atoms with Crippen LogP contribution in [-0.4, -0.2) is 17.1 Å². The monoisotopic (exact) mass is 385 g/mol. The van der Waals surface area contributed by atoms with Gasteiger partial charge in [0.15, 0.2) is 5.11 Å². The van der Waals surface area contributed by atoms with Crippen molar-refractivity contribution in [3.8, 4) is 5.75 Å². The summed E-state index contributed by atoms with van der Waals surface area (Å²) in [6.45, 7) is 0.442. The van der Waals surface area contributed by atoms with Gasteiger partial charge in [0.1, 0.15) is 5.75 Å². The predicted octanol–water partition coefficient (Wildman–Crippen LogP) is 4.40. The molecule has 2 aromatic carbocycles. The van der Waals surface area contributed by atoms with Crippen LogP contribution >= 0.6 is 35.4 Å². The topological polar surface area (TPSA) is 76.4 Å². The molecule has 0 heterocycles. The molecule has 0 saturated heterocycles. The van der Waals surface area contributed by atoms with Gasteiger partial charge < -0.3 is 15.4 Å². The van der Waals surface area contributed by atoms with Crippen LogP contribution in [0, 0.1) is 10.1 Å². The molecule has 0 fully saturated rings. The Bertz CT molecular complexity index is 787. The Labute approximate surface area is 153 Å². The molecule has 0 saturated carbocycles. The highest BCUT2D eigenvalue weighted by Gasteiger charge is 2.12. The third-order valence-electron chi connectivity index (χ3n) is 3.08. The molecule has 0 radical (unpaired) electrons. The molecule has 0 bridgehead atoms. The lowest BCUT2D eigenvalue weighted by Gasteiger charge is -2.13. The summed E-state index contributed by atoms with van der Waals surface area (Å²) in [4.78, 5) is 10.3. The van der Waals surface area contributed by atoms with E-state index in [1.165, 1.54) is 25.3 Å². The Hall–Kier alpha value is -2.09. The lowest BCUT2D eigenvalue weighted by molar-refractivity contribution is -0.384. The van der Waals surface area contributed by atoms with Gasteiger partial charge >= 0.3 is 0 Å². The van der Waals surface area contributed by atoms with Crippen LogP contribution in [0.1, 0.15) is 5.56 Å². The molecule has 2 aromatic rings. The molecule has 126 valence electrons. The summed E-state index contributed by atoms with van der Waals surface area (Å²) in [6.07, 6.45) is 0. The first-order chi connectivity index (χ1) is 11.4. The molecule has 0 atom stereocenters. The Balaban J connectivity index is 2.01. The third-order valence-corrected chi connectivity index (χ3v) is 4.07. The first-order valence-electron chi connectivity index (χ1n) is 6.72. The molecule has 0 aliphatic heterocycles. The van der Waals surface area contributed by atoms with Gasteiger partial charge in [-0.3, -0.25) is 10.1 Å². The molecular weight excluding hydrogens is 373 g/mol. The van der Waals surface area contributed by atoms with Gasteiger partial charge in [-0.2, -0.15) is 0 Å². The number of rotatable bonds is 5. The maximum atomic E-state index is 10.8. The molecule has 2 rings (SSSR count). The summed E-state index contributed by atoms with van der Waals surface area (Å²) in [7, 11) is 1.43. The minimum absolute atomic E-state index is 0.0629. The second kappa shape index (κ2) is 8.14. The first kappa shape index (κ1) is 18.3. The molecule has 0 aliphatic rings. The number of halogens is 2. The molecular formula is C15H13Cl2N3O3S. The number of nitro benzene ring substituents is 1. The summed E-state index contributed by atoms with van der Waals surface area (Å²) in [5, 5.41) is 18.0. The zero-order valence-corrected chi connectivity index (χ0v) is 14.8. The van der Waals surface area contributed by atoms with Gasteiger partial charge in [0.2, 0.25) is 0 Å². The molecule has 0 aromatic heterocycles. The lowest BCUT2D eigenvalue weighted by Crippen LogP contribution is -2.28. The van der Waals surface area contributed by atoms with Crippen LogP contribution in [0.3, 0.4) is 0 Å². The number of hydrogen-bond acceptors (Lipinski definition) is 4. The molecule has 9 heteroatoms. The van der Waals surface area contributed by atoms with Crippen molar-refractivity contribution in [2.45, 2.75) is 6.54 Å². The summed E-state index contributed by atoms with van der Waals surface area (Å²) >= 11 is 17.0. The minimum Gasteiger partial charge on any atom is -0.494 e. The van der Waals surface area contributed by atoms with Gasteiger partial charge in [0.05, 0.1) is 33.8 Å². The SMILES string of the molecule is COc1cc([N+](=O)[O-])ccc1NC(=S)NCc1ccc(Cl)c(Cl)c1. The van der Waals surface area contributed by atoms with E-state index in [2.05, 4.69) is 10.6 Å². The number of anilines is 1. The van der Waals surface area contributed by atoms with E-state index < -0.39 is 4.92 Å². The number of nitro groups is 1. The standard InChI is InChI=1S/C15H13Cl2N3O3S/c1-23-14-7-10(20(21)22)3-5-13(14)19-15(24)18-8-9-2-4-11(16)12(17)6-9/h2-7H,8H2,1H3,(H2,18,19,24). The number of benzene rings is 2. The van der Waals surface area contributed by atoms with E-state index in [0.29, 0.717) is 33.1 Å². The zero-order valence-electron chi connectivity index (χ0n) is 12.5. The van der Waals surface area contributed by atoms with Gasteiger partial charge in [0, 0.05) is 12.6 Å². The molecule has 24 heavy (non-hydrogen) atoms. The normalized spacial score (nSPS) is 10.1. The molecule has 0 amide bonds. The fourth-order valence-corrected chi connectivity index (χ4v) is 2.40. The molecule has 0 spiro atoms. The largest absolute Gasteiger partial charge is 0.494 e. The summed E-state index contributed by atoms with van der Waals surface area (Å²) < 4.78 is 5.14. The zero-order chi connectivity index (χ0) is 17.7. The summed E-state index contributed by atoms with van der Waals surface area (Å²) in [6, 6.07) is 9.50. The van der Waals surface area contributed by atoms with Crippen LogP contribution in [-0.2, 0) is 6.54 Å². The Morgan fingerprint density at radius 1 is 1.25 bits per heavy atom. The molecule has 2 N–H and O–H groups in total. The molecule has 0 unspecified atom stereocenters. The van der Waals surface area contributed by atoms with Crippen molar-refractivity contribution in [3.05, 3.63) is 62.1 Å². The minimum atomic E-state index is -0.493. The van der Waals surface area contributed by atoms with E-state index in [1.807, 2.05) is 6.07 Å². The van der Waals surface area contributed by atoms with Gasteiger partial charge in [-0.1, -0.05) is 29.3 Å². The van der Waals surface area contributed by atoms with Crippen molar-refractivity contribution in [3.63, 3.8) is 0 Å². The van der Waals surface area contributed by atoms with E-state index in [1.54, 1.807) is 12.1 Å². The van der Waals surface area contributed by atoms with Crippen LogP contribution in [0.5, 0.6) is 5.75 Å². The van der Waals surface area contributed by atoms with E-state index >= 15 is 0 Å². The smallest absolute Gasteiger partial charge is 0.273 e. The Morgan fingerprint density at radius 2 is 2.00 bits per heavy atom. The molecule has 0 aliphatic carbocycles.